The number of benzene rings is 2. The fraction of sp³-hybridized carbons (Fsp3) is 0.0769. The van der Waals surface area contributed by atoms with Crippen molar-refractivity contribution in [1.82, 2.24) is 0 Å². The summed E-state index contributed by atoms with van der Waals surface area (Å²) in [5, 5.41) is 0. The van der Waals surface area contributed by atoms with Gasteiger partial charge in [0, 0.05) is 0 Å². The Morgan fingerprint density at radius 3 is 1.93 bits per heavy atom. The van der Waals surface area contributed by atoms with E-state index in [2.05, 4.69) is 55.8 Å². The van der Waals surface area contributed by atoms with Crippen LogP contribution >= 0.6 is 0 Å². The van der Waals surface area contributed by atoms with Gasteiger partial charge in [0.05, 0.1) is 0 Å². The smallest absolute Gasteiger partial charge is 0.0621 e. The molecule has 14 heavy (non-hydrogen) atoms. The molecule has 68 valence electrons. The topological polar surface area (TPSA) is 0 Å². The maximum Gasteiger partial charge on any atom is -0.0621 e. The molecule has 2 rings (SSSR count). The predicted molar refractivity (Wildman–Crippen MR) is 62.0 cm³/mol. The first-order valence-electron chi connectivity index (χ1n) is 4.87. The van der Waals surface area contributed by atoms with Gasteiger partial charge >= 0.3 is 0 Å². The average molecular weight is 179 g/mol. The second-order valence-corrected chi connectivity index (χ2v) is 3.30. The molecule has 0 atom stereocenters. The molecular weight excluding hydrogens is 167 g/mol. The van der Waals surface area contributed by atoms with Crippen LogP contribution in [0.4, 0.5) is 0 Å². The Bertz CT molecular complexity index is 327. The van der Waals surface area contributed by atoms with Gasteiger partial charge in [0.1, 0.15) is 0 Å². The van der Waals surface area contributed by atoms with E-state index in [4.69, 9.17) is 0 Å². The minimum Gasteiger partial charge on any atom is -0.291 e. The van der Waals surface area contributed by atoms with Gasteiger partial charge in [-0.15, -0.1) is 12.1 Å². The van der Waals surface area contributed by atoms with Gasteiger partial charge in [0.2, 0.25) is 0 Å². The van der Waals surface area contributed by atoms with E-state index in [9.17, 15) is 0 Å². The highest BCUT2D eigenvalue weighted by atomic mass is 13.9. The lowest BCUT2D eigenvalue weighted by atomic mass is 9.65. The highest BCUT2D eigenvalue weighted by Gasteiger charge is 1.81. The van der Waals surface area contributed by atoms with E-state index in [0.717, 1.165) is 6.32 Å². The second kappa shape index (κ2) is 4.66. The van der Waals surface area contributed by atoms with Gasteiger partial charge < -0.3 is 0 Å². The highest BCUT2D eigenvalue weighted by Crippen LogP contribution is 1.98. The molecule has 0 aromatic heterocycles. The number of rotatable bonds is 3. The minimum absolute atomic E-state index is 1.00. The molecule has 2 radical (unpaired) electrons. The maximum absolute atomic E-state index is 2.25. The van der Waals surface area contributed by atoms with E-state index in [1.807, 2.05) is 12.1 Å². The van der Waals surface area contributed by atoms with Crippen molar-refractivity contribution in [3.8, 4) is 0 Å². The summed E-state index contributed by atoms with van der Waals surface area (Å²) < 4.78 is 0. The Morgan fingerprint density at radius 2 is 1.29 bits per heavy atom. The first-order valence-corrected chi connectivity index (χ1v) is 4.87. The zero-order valence-electron chi connectivity index (χ0n) is 8.06. The first-order chi connectivity index (χ1) is 6.95. The van der Waals surface area contributed by atoms with Crippen molar-refractivity contribution in [2.45, 2.75) is 6.32 Å². The Kier molecular flexibility index (Phi) is 3.02. The molecule has 0 saturated heterocycles. The summed E-state index contributed by atoms with van der Waals surface area (Å²) in [6, 6.07) is 20.9. The van der Waals surface area contributed by atoms with Crippen LogP contribution in [0.15, 0.2) is 60.7 Å². The van der Waals surface area contributed by atoms with Crippen LogP contribution in [0, 0.1) is 0 Å². The standard InChI is InChI=1S/C13H12B/c1-3-7-12(8-4-1)11-14-13-9-5-2-6-10-13/h1-10H,11H2/q-1. The zero-order chi connectivity index (χ0) is 9.64. The van der Waals surface area contributed by atoms with E-state index < -0.39 is 0 Å². The van der Waals surface area contributed by atoms with Gasteiger partial charge in [-0.25, -0.2) is 6.32 Å². The van der Waals surface area contributed by atoms with E-state index in [0.29, 0.717) is 0 Å². The van der Waals surface area contributed by atoms with Gasteiger partial charge in [-0.2, -0.15) is 0 Å². The van der Waals surface area contributed by atoms with Gasteiger partial charge in [0.15, 0.2) is 0 Å². The molecule has 0 bridgehead atoms. The van der Waals surface area contributed by atoms with Gasteiger partial charge in [-0.05, 0) is 0 Å². The van der Waals surface area contributed by atoms with Crippen LogP contribution in [0.25, 0.3) is 0 Å². The van der Waals surface area contributed by atoms with E-state index in [1.54, 1.807) is 0 Å². The summed E-state index contributed by atoms with van der Waals surface area (Å²) in [6.45, 7) is 0. The molecule has 0 nitrogen and oxygen atoms in total. The Balaban J connectivity index is 1.96. The number of hydrogen-bond acceptors (Lipinski definition) is 0. The normalized spacial score (nSPS) is 10.0. The first kappa shape index (κ1) is 9.08. The maximum atomic E-state index is 2.25. The van der Waals surface area contributed by atoms with Crippen molar-refractivity contribution in [2.24, 2.45) is 0 Å². The summed E-state index contributed by atoms with van der Waals surface area (Å²) >= 11 is 0. The monoisotopic (exact) mass is 179 g/mol. The molecule has 0 aliphatic carbocycles. The summed E-state index contributed by atoms with van der Waals surface area (Å²) in [4.78, 5) is 0. The molecule has 0 aliphatic rings. The fourth-order valence-electron chi connectivity index (χ4n) is 1.44. The van der Waals surface area contributed by atoms with Crippen LogP contribution < -0.4 is 5.46 Å². The van der Waals surface area contributed by atoms with Crippen LogP contribution in [0.1, 0.15) is 5.56 Å². The summed E-state index contributed by atoms with van der Waals surface area (Å²) in [7, 11) is 2.25. The van der Waals surface area contributed by atoms with Crippen LogP contribution in [0.3, 0.4) is 0 Å². The van der Waals surface area contributed by atoms with E-state index >= 15 is 0 Å². The molecule has 0 aliphatic heterocycles. The van der Waals surface area contributed by atoms with Crippen LogP contribution in [-0.4, -0.2) is 7.28 Å². The molecule has 0 unspecified atom stereocenters. The van der Waals surface area contributed by atoms with Crippen molar-refractivity contribution in [2.75, 3.05) is 0 Å². The minimum atomic E-state index is 1.00. The van der Waals surface area contributed by atoms with Crippen molar-refractivity contribution < 1.29 is 0 Å². The Morgan fingerprint density at radius 1 is 0.714 bits per heavy atom. The summed E-state index contributed by atoms with van der Waals surface area (Å²) in [5.74, 6) is 0. The molecule has 0 heterocycles. The van der Waals surface area contributed by atoms with Gasteiger partial charge in [-0.3, -0.25) is 12.7 Å². The molecule has 2 aromatic carbocycles. The second-order valence-electron chi connectivity index (χ2n) is 3.30. The van der Waals surface area contributed by atoms with Crippen LogP contribution in [0.5, 0.6) is 0 Å². The lowest BCUT2D eigenvalue weighted by Gasteiger charge is -2.15. The molecule has 2 aromatic rings. The van der Waals surface area contributed by atoms with Crippen molar-refractivity contribution in [3.05, 3.63) is 66.2 Å². The van der Waals surface area contributed by atoms with Crippen molar-refractivity contribution in [1.29, 1.82) is 0 Å². The van der Waals surface area contributed by atoms with Gasteiger partial charge in [0.25, 0.3) is 0 Å². The summed E-state index contributed by atoms with van der Waals surface area (Å²) in [5.41, 5.74) is 2.65. The molecule has 0 fully saturated rings. The third kappa shape index (κ3) is 2.49. The SMILES string of the molecule is [B-](Cc1ccccc1)c1ccccc1. The largest absolute Gasteiger partial charge is 0.291 e. The lowest BCUT2D eigenvalue weighted by molar-refractivity contribution is 1.39. The molecular formula is C13H12B-. The third-order valence-electron chi connectivity index (χ3n) is 2.22. The fourth-order valence-corrected chi connectivity index (χ4v) is 1.44. The molecule has 0 spiro atoms. The number of hydrogen-bond donors (Lipinski definition) is 0. The zero-order valence-corrected chi connectivity index (χ0v) is 8.06. The molecule has 0 saturated carbocycles. The average Bonchev–Trinajstić information content (AvgIpc) is 2.29. The van der Waals surface area contributed by atoms with Gasteiger partial charge in [-0.1, -0.05) is 54.1 Å². The Hall–Kier alpha value is -1.50. The molecule has 0 N–H and O–H groups in total. The predicted octanol–water partition coefficient (Wildman–Crippen LogP) is 2.22. The summed E-state index contributed by atoms with van der Waals surface area (Å²) in [6.07, 6.45) is 1.00. The Labute approximate surface area is 85.8 Å². The van der Waals surface area contributed by atoms with Crippen LogP contribution in [-0.2, 0) is 6.32 Å². The van der Waals surface area contributed by atoms with Crippen molar-refractivity contribution >= 4 is 12.7 Å². The van der Waals surface area contributed by atoms with E-state index in [1.165, 1.54) is 11.0 Å². The van der Waals surface area contributed by atoms with Crippen LogP contribution in [0.2, 0.25) is 0 Å². The molecule has 0 amide bonds. The lowest BCUT2D eigenvalue weighted by Crippen LogP contribution is -2.15. The highest BCUT2D eigenvalue weighted by molar-refractivity contribution is 6.52. The van der Waals surface area contributed by atoms with Crippen molar-refractivity contribution in [3.63, 3.8) is 0 Å². The third-order valence-corrected chi connectivity index (χ3v) is 2.22. The quantitative estimate of drug-likeness (QED) is 0.633. The van der Waals surface area contributed by atoms with E-state index in [-0.39, 0.29) is 0 Å². The molecule has 1 heteroatoms.